The number of pyridine rings is 1. The van der Waals surface area contributed by atoms with E-state index in [9.17, 15) is 9.59 Å². The molecule has 0 bridgehead atoms. The monoisotopic (exact) mass is 307 g/mol. The second kappa shape index (κ2) is 6.47. The highest BCUT2D eigenvalue weighted by atomic mass is 32.2. The highest BCUT2D eigenvalue weighted by molar-refractivity contribution is 8.00. The van der Waals surface area contributed by atoms with Crippen LogP contribution in [0.1, 0.15) is 20.3 Å². The lowest BCUT2D eigenvalue weighted by Gasteiger charge is -2.34. The van der Waals surface area contributed by atoms with E-state index < -0.39 is 0 Å². The molecule has 6 heteroatoms. The number of carbonyl (C=O) groups excluding carboxylic acids is 2. The minimum absolute atomic E-state index is 0.00407. The molecule has 1 aromatic rings. The van der Waals surface area contributed by atoms with Gasteiger partial charge >= 0.3 is 0 Å². The Morgan fingerprint density at radius 3 is 2.81 bits per heavy atom. The van der Waals surface area contributed by atoms with Gasteiger partial charge < -0.3 is 9.80 Å². The zero-order chi connectivity index (χ0) is 15.6. The van der Waals surface area contributed by atoms with E-state index in [-0.39, 0.29) is 23.5 Å². The van der Waals surface area contributed by atoms with Crippen LogP contribution in [0.4, 0.5) is 5.69 Å². The van der Waals surface area contributed by atoms with Crippen LogP contribution in [0, 0.1) is 5.92 Å². The number of anilines is 1. The second-order valence-corrected chi connectivity index (χ2v) is 6.96. The summed E-state index contributed by atoms with van der Waals surface area (Å²) >= 11 is 1.39. The maximum atomic E-state index is 12.7. The third kappa shape index (κ3) is 3.56. The van der Waals surface area contributed by atoms with Gasteiger partial charge in [-0.2, -0.15) is 0 Å². The second-order valence-electron chi connectivity index (χ2n) is 5.77. The third-order valence-corrected chi connectivity index (χ3v) is 4.43. The van der Waals surface area contributed by atoms with E-state index >= 15 is 0 Å². The van der Waals surface area contributed by atoms with Crippen molar-refractivity contribution >= 4 is 29.3 Å². The standard InChI is InChI=1S/C15H21N3O2S/c1-10(2)9-18-11-6-5-7-16-14(11)21-12(15(18)20)8-13(19)17(3)4/h5-7,10,12H,8-9H2,1-4H3. The number of nitrogens with zero attached hydrogens (tertiary/aromatic N) is 3. The van der Waals surface area contributed by atoms with Crippen LogP contribution < -0.4 is 4.90 Å². The number of hydrogen-bond donors (Lipinski definition) is 0. The topological polar surface area (TPSA) is 53.5 Å². The summed E-state index contributed by atoms with van der Waals surface area (Å²) in [7, 11) is 3.41. The highest BCUT2D eigenvalue weighted by Gasteiger charge is 2.35. The van der Waals surface area contributed by atoms with E-state index in [2.05, 4.69) is 18.8 Å². The molecule has 0 aliphatic carbocycles. The molecule has 0 saturated carbocycles. The molecule has 0 fully saturated rings. The van der Waals surface area contributed by atoms with Gasteiger partial charge in [-0.25, -0.2) is 4.98 Å². The Morgan fingerprint density at radius 1 is 1.48 bits per heavy atom. The number of rotatable bonds is 4. The summed E-state index contributed by atoms with van der Waals surface area (Å²) in [5.41, 5.74) is 0.856. The molecule has 1 unspecified atom stereocenters. The number of aromatic nitrogens is 1. The third-order valence-electron chi connectivity index (χ3n) is 3.24. The van der Waals surface area contributed by atoms with Crippen LogP contribution in [0.2, 0.25) is 0 Å². The van der Waals surface area contributed by atoms with Gasteiger partial charge in [0.2, 0.25) is 11.8 Å². The molecule has 0 spiro atoms. The fourth-order valence-electron chi connectivity index (χ4n) is 2.18. The number of carbonyl (C=O) groups is 2. The fraction of sp³-hybridized carbons (Fsp3) is 0.533. The molecule has 0 radical (unpaired) electrons. The van der Waals surface area contributed by atoms with Crippen molar-refractivity contribution in [3.63, 3.8) is 0 Å². The predicted octanol–water partition coefficient (Wildman–Crippen LogP) is 2.02. The number of fused-ring (bicyclic) bond motifs is 1. The normalized spacial score (nSPS) is 17.9. The summed E-state index contributed by atoms with van der Waals surface area (Å²) in [5, 5.41) is 0.440. The van der Waals surface area contributed by atoms with Crippen LogP contribution in [0.3, 0.4) is 0 Å². The average molecular weight is 307 g/mol. The zero-order valence-corrected chi connectivity index (χ0v) is 13.7. The maximum absolute atomic E-state index is 12.7. The first-order valence-electron chi connectivity index (χ1n) is 7.03. The molecule has 1 atom stereocenters. The summed E-state index contributed by atoms with van der Waals surface area (Å²) < 4.78 is 0. The molecular formula is C15H21N3O2S. The van der Waals surface area contributed by atoms with Gasteiger partial charge in [0, 0.05) is 33.3 Å². The largest absolute Gasteiger partial charge is 0.349 e. The Hall–Kier alpha value is -1.56. The quantitative estimate of drug-likeness (QED) is 0.854. The van der Waals surface area contributed by atoms with Crippen LogP contribution in [0.5, 0.6) is 0 Å². The Kier molecular flexibility index (Phi) is 4.88. The molecular weight excluding hydrogens is 286 g/mol. The molecule has 114 valence electrons. The van der Waals surface area contributed by atoms with E-state index in [1.165, 1.54) is 16.7 Å². The Balaban J connectivity index is 2.28. The van der Waals surface area contributed by atoms with Crippen molar-refractivity contribution in [3.05, 3.63) is 18.3 Å². The smallest absolute Gasteiger partial charge is 0.241 e. The van der Waals surface area contributed by atoms with E-state index in [0.29, 0.717) is 12.5 Å². The van der Waals surface area contributed by atoms with Gasteiger partial charge in [-0.15, -0.1) is 0 Å². The van der Waals surface area contributed by atoms with Crippen LogP contribution in [-0.2, 0) is 9.59 Å². The highest BCUT2D eigenvalue weighted by Crippen LogP contribution is 2.39. The maximum Gasteiger partial charge on any atom is 0.241 e. The van der Waals surface area contributed by atoms with E-state index in [4.69, 9.17) is 0 Å². The molecule has 2 rings (SSSR count). The minimum Gasteiger partial charge on any atom is -0.349 e. The van der Waals surface area contributed by atoms with Crippen LogP contribution in [0.25, 0.3) is 0 Å². The van der Waals surface area contributed by atoms with Crippen LogP contribution >= 0.6 is 11.8 Å². The molecule has 5 nitrogen and oxygen atoms in total. The first-order chi connectivity index (χ1) is 9.90. The molecule has 1 aromatic heterocycles. The van der Waals surface area contributed by atoms with Gasteiger partial charge in [-0.1, -0.05) is 25.6 Å². The average Bonchev–Trinajstić information content (AvgIpc) is 2.42. The van der Waals surface area contributed by atoms with Crippen molar-refractivity contribution < 1.29 is 9.59 Å². The Bertz CT molecular complexity index is 545. The summed E-state index contributed by atoms with van der Waals surface area (Å²) in [6, 6.07) is 3.75. The van der Waals surface area contributed by atoms with E-state index in [1.807, 2.05) is 12.1 Å². The van der Waals surface area contributed by atoms with Crippen molar-refractivity contribution in [1.82, 2.24) is 9.88 Å². The van der Waals surface area contributed by atoms with Crippen molar-refractivity contribution in [2.75, 3.05) is 25.5 Å². The molecule has 1 aliphatic heterocycles. The van der Waals surface area contributed by atoms with Crippen molar-refractivity contribution in [1.29, 1.82) is 0 Å². The Labute approximate surface area is 129 Å². The minimum atomic E-state index is -0.388. The summed E-state index contributed by atoms with van der Waals surface area (Å²) in [4.78, 5) is 32.3. The van der Waals surface area contributed by atoms with Gasteiger partial charge in [-0.05, 0) is 18.1 Å². The lowest BCUT2D eigenvalue weighted by molar-refractivity contribution is -0.130. The molecule has 1 aliphatic rings. The van der Waals surface area contributed by atoms with Crippen molar-refractivity contribution in [3.8, 4) is 0 Å². The number of hydrogen-bond acceptors (Lipinski definition) is 4. The van der Waals surface area contributed by atoms with Gasteiger partial charge in [0.1, 0.15) is 5.03 Å². The lowest BCUT2D eigenvalue weighted by atomic mass is 10.1. The Morgan fingerprint density at radius 2 is 2.19 bits per heavy atom. The molecule has 0 aromatic carbocycles. The molecule has 2 amide bonds. The van der Waals surface area contributed by atoms with Crippen LogP contribution in [0.15, 0.2) is 23.4 Å². The van der Waals surface area contributed by atoms with Gasteiger partial charge in [0.15, 0.2) is 0 Å². The van der Waals surface area contributed by atoms with Gasteiger partial charge in [0.05, 0.1) is 10.9 Å². The van der Waals surface area contributed by atoms with E-state index in [0.717, 1.165) is 10.7 Å². The number of thioether (sulfide) groups is 1. The molecule has 21 heavy (non-hydrogen) atoms. The van der Waals surface area contributed by atoms with Gasteiger partial charge in [0.25, 0.3) is 0 Å². The van der Waals surface area contributed by atoms with Crippen LogP contribution in [-0.4, -0.2) is 47.6 Å². The molecule has 0 saturated heterocycles. The van der Waals surface area contributed by atoms with Crippen molar-refractivity contribution in [2.45, 2.75) is 30.5 Å². The van der Waals surface area contributed by atoms with E-state index in [1.54, 1.807) is 25.2 Å². The lowest BCUT2D eigenvalue weighted by Crippen LogP contribution is -2.44. The predicted molar refractivity (Wildman–Crippen MR) is 84.4 cm³/mol. The first-order valence-corrected chi connectivity index (χ1v) is 7.91. The summed E-state index contributed by atoms with van der Waals surface area (Å²) in [5.74, 6) is 0.324. The van der Waals surface area contributed by atoms with Gasteiger partial charge in [-0.3, -0.25) is 9.59 Å². The summed E-state index contributed by atoms with van der Waals surface area (Å²) in [6.07, 6.45) is 1.93. The number of amides is 2. The fourth-order valence-corrected chi connectivity index (χ4v) is 3.32. The first kappa shape index (κ1) is 15.8. The van der Waals surface area contributed by atoms with Crippen molar-refractivity contribution in [2.24, 2.45) is 5.92 Å². The zero-order valence-electron chi connectivity index (χ0n) is 12.9. The summed E-state index contributed by atoms with van der Waals surface area (Å²) in [6.45, 7) is 4.79. The SMILES string of the molecule is CC(C)CN1C(=O)C(CC(=O)N(C)C)Sc2ncccc21. The molecule has 0 N–H and O–H groups in total. The molecule has 2 heterocycles.